The molecule has 7 heteroatoms. The fourth-order valence-corrected chi connectivity index (χ4v) is 2.82. The van der Waals surface area contributed by atoms with Gasteiger partial charge in [-0.05, 0) is 24.6 Å². The summed E-state index contributed by atoms with van der Waals surface area (Å²) in [5.41, 5.74) is 1.97. The van der Waals surface area contributed by atoms with E-state index >= 15 is 0 Å². The summed E-state index contributed by atoms with van der Waals surface area (Å²) in [5, 5.41) is 10.8. The SMILES string of the molecule is CN=C(NCCc1noc(-c2ccccn2)n1)NC(C)C(C)c1ccccc1. The van der Waals surface area contributed by atoms with Crippen LogP contribution in [0.3, 0.4) is 0 Å². The van der Waals surface area contributed by atoms with E-state index in [1.54, 1.807) is 13.2 Å². The Bertz CT molecular complexity index is 878. The zero-order valence-electron chi connectivity index (χ0n) is 16.5. The molecule has 0 saturated carbocycles. The predicted octanol–water partition coefficient (Wildman–Crippen LogP) is 3.03. The molecule has 2 aromatic heterocycles. The summed E-state index contributed by atoms with van der Waals surface area (Å²) in [5.74, 6) is 2.18. The van der Waals surface area contributed by atoms with Gasteiger partial charge in [0.1, 0.15) is 5.69 Å². The highest BCUT2D eigenvalue weighted by molar-refractivity contribution is 5.80. The second-order valence-electron chi connectivity index (χ2n) is 6.61. The smallest absolute Gasteiger partial charge is 0.276 e. The van der Waals surface area contributed by atoms with Gasteiger partial charge in [-0.15, -0.1) is 0 Å². The van der Waals surface area contributed by atoms with Gasteiger partial charge in [0.15, 0.2) is 11.8 Å². The Labute approximate surface area is 165 Å². The van der Waals surface area contributed by atoms with Gasteiger partial charge in [0.05, 0.1) is 0 Å². The van der Waals surface area contributed by atoms with Crippen LogP contribution in [0.25, 0.3) is 11.6 Å². The molecule has 2 unspecified atom stereocenters. The maximum absolute atomic E-state index is 5.28. The molecule has 0 spiro atoms. The van der Waals surface area contributed by atoms with Gasteiger partial charge in [0, 0.05) is 38.2 Å². The third-order valence-electron chi connectivity index (χ3n) is 4.66. The van der Waals surface area contributed by atoms with Crippen molar-refractivity contribution in [3.05, 3.63) is 66.1 Å². The number of guanidine groups is 1. The van der Waals surface area contributed by atoms with Crippen LogP contribution in [0, 0.1) is 0 Å². The van der Waals surface area contributed by atoms with Crippen molar-refractivity contribution >= 4 is 5.96 Å². The molecule has 0 amide bonds. The van der Waals surface area contributed by atoms with E-state index in [2.05, 4.69) is 68.9 Å². The Hall–Kier alpha value is -3.22. The first-order valence-corrected chi connectivity index (χ1v) is 9.43. The molecule has 0 aliphatic rings. The minimum Gasteiger partial charge on any atom is -0.356 e. The van der Waals surface area contributed by atoms with Crippen LogP contribution in [-0.2, 0) is 6.42 Å². The van der Waals surface area contributed by atoms with Crippen molar-refractivity contribution in [1.82, 2.24) is 25.8 Å². The van der Waals surface area contributed by atoms with Crippen molar-refractivity contribution in [2.45, 2.75) is 32.2 Å². The van der Waals surface area contributed by atoms with Crippen molar-refractivity contribution in [1.29, 1.82) is 0 Å². The summed E-state index contributed by atoms with van der Waals surface area (Å²) in [7, 11) is 1.77. The molecule has 0 bridgehead atoms. The van der Waals surface area contributed by atoms with Crippen LogP contribution < -0.4 is 10.6 Å². The monoisotopic (exact) mass is 378 g/mol. The number of pyridine rings is 1. The highest BCUT2D eigenvalue weighted by atomic mass is 16.5. The molecular weight excluding hydrogens is 352 g/mol. The molecule has 1 aromatic carbocycles. The summed E-state index contributed by atoms with van der Waals surface area (Å²) in [6.45, 7) is 5.01. The maximum Gasteiger partial charge on any atom is 0.276 e. The first kappa shape index (κ1) is 19.5. The van der Waals surface area contributed by atoms with E-state index < -0.39 is 0 Å². The molecule has 3 rings (SSSR count). The fourth-order valence-electron chi connectivity index (χ4n) is 2.82. The van der Waals surface area contributed by atoms with Gasteiger partial charge < -0.3 is 15.2 Å². The standard InChI is InChI=1S/C21H26N6O/c1-15(17-9-5-4-6-10-17)16(2)25-21(22-3)24-14-12-19-26-20(28-27-19)18-11-7-8-13-23-18/h4-11,13,15-16H,12,14H2,1-3H3,(H2,22,24,25). The minimum atomic E-state index is 0.231. The number of hydrogen-bond donors (Lipinski definition) is 2. The van der Waals surface area contributed by atoms with Gasteiger partial charge in [0.25, 0.3) is 5.89 Å². The molecule has 28 heavy (non-hydrogen) atoms. The van der Waals surface area contributed by atoms with E-state index in [0.717, 1.165) is 5.96 Å². The van der Waals surface area contributed by atoms with Gasteiger partial charge in [-0.25, -0.2) is 0 Å². The summed E-state index contributed by atoms with van der Waals surface area (Å²) in [6.07, 6.45) is 2.33. The van der Waals surface area contributed by atoms with Crippen molar-refractivity contribution < 1.29 is 4.52 Å². The highest BCUT2D eigenvalue weighted by Crippen LogP contribution is 2.18. The first-order chi connectivity index (χ1) is 13.7. The molecule has 0 radical (unpaired) electrons. The second kappa shape index (κ2) is 9.64. The molecule has 2 N–H and O–H groups in total. The Morgan fingerprint density at radius 2 is 1.89 bits per heavy atom. The number of nitrogens with one attached hydrogen (secondary N) is 2. The molecule has 146 valence electrons. The van der Waals surface area contributed by atoms with Crippen LogP contribution in [0.5, 0.6) is 0 Å². The van der Waals surface area contributed by atoms with Gasteiger partial charge in [0.2, 0.25) is 0 Å². The number of hydrogen-bond acceptors (Lipinski definition) is 5. The minimum absolute atomic E-state index is 0.231. The lowest BCUT2D eigenvalue weighted by Gasteiger charge is -2.24. The highest BCUT2D eigenvalue weighted by Gasteiger charge is 2.15. The quantitative estimate of drug-likeness (QED) is 0.485. The van der Waals surface area contributed by atoms with E-state index in [1.807, 2.05) is 24.3 Å². The van der Waals surface area contributed by atoms with Gasteiger partial charge >= 0.3 is 0 Å². The summed E-state index contributed by atoms with van der Waals surface area (Å²) >= 11 is 0. The lowest BCUT2D eigenvalue weighted by Crippen LogP contribution is -2.44. The van der Waals surface area contributed by atoms with Crippen LogP contribution in [-0.4, -0.2) is 40.7 Å². The van der Waals surface area contributed by atoms with Crippen LogP contribution in [0.15, 0.2) is 64.2 Å². The van der Waals surface area contributed by atoms with Crippen molar-refractivity contribution in [3.8, 4) is 11.6 Å². The zero-order chi connectivity index (χ0) is 19.8. The first-order valence-electron chi connectivity index (χ1n) is 9.43. The van der Waals surface area contributed by atoms with Gasteiger partial charge in [-0.1, -0.05) is 48.5 Å². The third kappa shape index (κ3) is 5.16. The number of benzene rings is 1. The van der Waals surface area contributed by atoms with Crippen molar-refractivity contribution in [2.24, 2.45) is 4.99 Å². The van der Waals surface area contributed by atoms with Gasteiger partial charge in [-0.3, -0.25) is 9.98 Å². The molecular formula is C21H26N6O. The Morgan fingerprint density at radius 1 is 1.11 bits per heavy atom. The zero-order valence-corrected chi connectivity index (χ0v) is 16.5. The molecule has 2 heterocycles. The third-order valence-corrected chi connectivity index (χ3v) is 4.66. The molecule has 0 saturated heterocycles. The number of nitrogens with zero attached hydrogens (tertiary/aromatic N) is 4. The summed E-state index contributed by atoms with van der Waals surface area (Å²) in [4.78, 5) is 12.9. The van der Waals surface area contributed by atoms with Crippen LogP contribution in [0.1, 0.15) is 31.2 Å². The van der Waals surface area contributed by atoms with E-state index in [4.69, 9.17) is 4.52 Å². The number of aromatic nitrogens is 3. The van der Waals surface area contributed by atoms with Gasteiger partial charge in [-0.2, -0.15) is 4.98 Å². The number of aliphatic imine (C=N–C) groups is 1. The summed E-state index contributed by atoms with van der Waals surface area (Å²) < 4.78 is 5.28. The number of rotatable bonds is 7. The molecule has 0 aliphatic carbocycles. The largest absolute Gasteiger partial charge is 0.356 e. The average molecular weight is 378 g/mol. The van der Waals surface area contributed by atoms with Crippen LogP contribution in [0.2, 0.25) is 0 Å². The van der Waals surface area contributed by atoms with Crippen LogP contribution in [0.4, 0.5) is 0 Å². The Morgan fingerprint density at radius 3 is 2.61 bits per heavy atom. The Balaban J connectivity index is 1.49. The van der Waals surface area contributed by atoms with E-state index in [9.17, 15) is 0 Å². The molecule has 7 nitrogen and oxygen atoms in total. The maximum atomic E-state index is 5.28. The molecule has 0 aliphatic heterocycles. The predicted molar refractivity (Wildman–Crippen MR) is 110 cm³/mol. The molecule has 0 fully saturated rings. The molecule has 2 atom stereocenters. The average Bonchev–Trinajstić information content (AvgIpc) is 3.22. The van der Waals surface area contributed by atoms with Crippen LogP contribution >= 0.6 is 0 Å². The van der Waals surface area contributed by atoms with Crippen molar-refractivity contribution in [3.63, 3.8) is 0 Å². The lowest BCUT2D eigenvalue weighted by molar-refractivity contribution is 0.421. The lowest BCUT2D eigenvalue weighted by atomic mass is 9.94. The van der Waals surface area contributed by atoms with E-state index in [1.165, 1.54) is 5.56 Å². The Kier molecular flexibility index (Phi) is 6.73. The normalized spacial score (nSPS) is 13.8. The molecule has 3 aromatic rings. The van der Waals surface area contributed by atoms with E-state index in [-0.39, 0.29) is 6.04 Å². The topological polar surface area (TPSA) is 88.2 Å². The second-order valence-corrected chi connectivity index (χ2v) is 6.61. The van der Waals surface area contributed by atoms with E-state index in [0.29, 0.717) is 36.3 Å². The summed E-state index contributed by atoms with van der Waals surface area (Å²) in [6, 6.07) is 16.3. The van der Waals surface area contributed by atoms with Crippen molar-refractivity contribution in [2.75, 3.05) is 13.6 Å². The fraction of sp³-hybridized carbons (Fsp3) is 0.333.